The van der Waals surface area contributed by atoms with Crippen LogP contribution in [0.3, 0.4) is 0 Å². The Morgan fingerprint density at radius 3 is 2.62 bits per heavy atom. The van der Waals surface area contributed by atoms with Crippen LogP contribution in [-0.4, -0.2) is 99.1 Å². The van der Waals surface area contributed by atoms with Crippen molar-refractivity contribution in [2.24, 2.45) is 5.92 Å². The molecule has 1 saturated carbocycles. The first kappa shape index (κ1) is 33.6. The van der Waals surface area contributed by atoms with Gasteiger partial charge in [0.15, 0.2) is 6.29 Å². The molecule has 6 rings (SSSR count). The maximum atomic E-state index is 14.1. The molecule has 1 aliphatic carbocycles. The van der Waals surface area contributed by atoms with Crippen molar-refractivity contribution in [2.75, 3.05) is 30.7 Å². The van der Waals surface area contributed by atoms with E-state index < -0.39 is 57.2 Å². The van der Waals surface area contributed by atoms with Gasteiger partial charge in [-0.3, -0.25) is 9.56 Å². The first-order valence-corrected chi connectivity index (χ1v) is 18.9. The van der Waals surface area contributed by atoms with Crippen molar-refractivity contribution in [3.8, 4) is 0 Å². The number of aromatic amines is 1. The summed E-state index contributed by atoms with van der Waals surface area (Å²) in [5.74, 6) is -0.141. The average molecular weight is 694 g/mol. The van der Waals surface area contributed by atoms with Crippen molar-refractivity contribution in [3.05, 3.63) is 54.1 Å². The smallest absolute Gasteiger partial charge is 0.407 e. The largest absolute Gasteiger partial charge is 0.443 e. The van der Waals surface area contributed by atoms with Crippen molar-refractivity contribution >= 4 is 43.1 Å². The van der Waals surface area contributed by atoms with E-state index in [0.29, 0.717) is 31.4 Å². The Hall–Kier alpha value is -3.32. The number of rotatable bonds is 13. The molecule has 0 spiro atoms. The first-order chi connectivity index (χ1) is 22.4. The van der Waals surface area contributed by atoms with Crippen LogP contribution in [0.2, 0.25) is 0 Å². The number of imidazole rings is 1. The van der Waals surface area contributed by atoms with Crippen LogP contribution in [0, 0.1) is 5.92 Å². The summed E-state index contributed by atoms with van der Waals surface area (Å²) in [7, 11) is -8.00. The summed E-state index contributed by atoms with van der Waals surface area (Å²) < 4.78 is 71.3. The third-order valence-electron chi connectivity index (χ3n) is 8.52. The van der Waals surface area contributed by atoms with Crippen molar-refractivity contribution in [2.45, 2.75) is 74.1 Å². The summed E-state index contributed by atoms with van der Waals surface area (Å²) in [5, 5.41) is 14.3. The lowest BCUT2D eigenvalue weighted by Crippen LogP contribution is -2.51. The van der Waals surface area contributed by atoms with Gasteiger partial charge in [0.1, 0.15) is 6.10 Å². The molecular weight excluding hydrogens is 654 g/mol. The van der Waals surface area contributed by atoms with E-state index >= 15 is 0 Å². The van der Waals surface area contributed by atoms with Gasteiger partial charge in [-0.15, -0.1) is 0 Å². The lowest BCUT2D eigenvalue weighted by Gasteiger charge is -2.31. The van der Waals surface area contributed by atoms with Crippen molar-refractivity contribution in [1.29, 1.82) is 0 Å². The predicted octanol–water partition coefficient (Wildman–Crippen LogP) is 2.26. The van der Waals surface area contributed by atoms with Gasteiger partial charge in [-0.2, -0.15) is 0 Å². The molecule has 17 heteroatoms. The number of hydrogen-bond donors (Lipinski definition) is 4. The van der Waals surface area contributed by atoms with Crippen LogP contribution >= 0.6 is 0 Å². The molecule has 3 heterocycles. The second-order valence-corrected chi connectivity index (χ2v) is 15.7. The minimum atomic E-state index is -4.37. The normalized spacial score (nSPS) is 23.2. The highest BCUT2D eigenvalue weighted by Crippen LogP contribution is 2.33. The predicted molar refractivity (Wildman–Crippen MR) is 169 cm³/mol. The Bertz CT molecular complexity index is 1770. The Labute approximate surface area is 273 Å². The number of fused-ring (bicyclic) bond motifs is 2. The summed E-state index contributed by atoms with van der Waals surface area (Å²) in [6, 6.07) is 12.3. The Morgan fingerprint density at radius 1 is 1.11 bits per heavy atom. The molecule has 2 aliphatic heterocycles. The third-order valence-corrected chi connectivity index (χ3v) is 10.7. The summed E-state index contributed by atoms with van der Waals surface area (Å²) in [6.45, 7) is 0.218. The number of alkyl carbamates (subject to hydrolysis) is 1. The lowest BCUT2D eigenvalue weighted by atomic mass is 10.0. The van der Waals surface area contributed by atoms with Crippen LogP contribution in [-0.2, 0) is 45.5 Å². The first-order valence-electron chi connectivity index (χ1n) is 15.5. The fourth-order valence-electron chi connectivity index (χ4n) is 6.15. The number of aliphatic hydroxyl groups excluding tert-OH is 1. The van der Waals surface area contributed by atoms with Crippen LogP contribution in [0.25, 0.3) is 11.0 Å². The zero-order valence-electron chi connectivity index (χ0n) is 25.8. The van der Waals surface area contributed by atoms with E-state index in [1.807, 2.05) is 30.3 Å². The molecule has 15 nitrogen and oxygen atoms in total. The van der Waals surface area contributed by atoms with Gasteiger partial charge in [-0.25, -0.2) is 26.6 Å². The van der Waals surface area contributed by atoms with Crippen LogP contribution < -0.4 is 10.0 Å². The minimum Gasteiger partial charge on any atom is -0.443 e. The van der Waals surface area contributed by atoms with Crippen molar-refractivity contribution in [3.63, 3.8) is 0 Å². The number of sulfonamides is 2. The maximum Gasteiger partial charge on any atom is 0.407 e. The summed E-state index contributed by atoms with van der Waals surface area (Å²) in [6.07, 6.45) is 1.42. The van der Waals surface area contributed by atoms with Crippen LogP contribution in [0.5, 0.6) is 0 Å². The number of benzene rings is 2. The number of nitrogens with zero attached hydrogens (tertiary/aromatic N) is 2. The minimum absolute atomic E-state index is 0.0617. The topological polar surface area (TPSA) is 198 Å². The van der Waals surface area contributed by atoms with Gasteiger partial charge in [-0.1, -0.05) is 47.6 Å². The van der Waals surface area contributed by atoms with E-state index in [-0.39, 0.29) is 41.4 Å². The quantitative estimate of drug-likeness (QED) is 0.192. The number of amides is 1. The summed E-state index contributed by atoms with van der Waals surface area (Å²) >= 11 is 0. The van der Waals surface area contributed by atoms with Gasteiger partial charge in [-0.05, 0) is 49.4 Å². The molecule has 3 aliphatic rings. The fraction of sp³-hybridized carbons (Fsp3) is 0.533. The highest BCUT2D eigenvalue weighted by atomic mass is 32.2. The summed E-state index contributed by atoms with van der Waals surface area (Å²) in [4.78, 5) is 25.9. The van der Waals surface area contributed by atoms with Crippen LogP contribution in [0.4, 0.5) is 10.7 Å². The highest BCUT2D eigenvalue weighted by Gasteiger charge is 2.44. The zero-order chi connectivity index (χ0) is 33.2. The number of hydroxylamine groups is 1. The second-order valence-electron chi connectivity index (χ2n) is 12.1. The van der Waals surface area contributed by atoms with E-state index in [1.54, 1.807) is 0 Å². The zero-order valence-corrected chi connectivity index (χ0v) is 27.4. The molecular formula is C30H39N5O10S2. The molecule has 1 aromatic heterocycles. The van der Waals surface area contributed by atoms with E-state index in [0.717, 1.165) is 29.1 Å². The Morgan fingerprint density at radius 2 is 1.87 bits per heavy atom. The molecule has 3 fully saturated rings. The summed E-state index contributed by atoms with van der Waals surface area (Å²) in [5.41, 5.74) is 1.42. The fourth-order valence-corrected chi connectivity index (χ4v) is 7.92. The SMILES string of the molecule is CS(=O)(=O)Nc1nc2ccc(S(=O)(=O)N(C[C@@H](O)[C@H](Cc3ccccc3)NC(=O)O[C@@H]3COC4OCCC43)OC3CCCC3)cc2[nH]1. The van der Waals surface area contributed by atoms with Gasteiger partial charge >= 0.3 is 6.09 Å². The molecule has 47 heavy (non-hydrogen) atoms. The number of hydrogen-bond acceptors (Lipinski definition) is 11. The molecule has 2 saturated heterocycles. The average Bonchev–Trinajstić information content (AvgIpc) is 3.82. The van der Waals surface area contributed by atoms with Crippen LogP contribution in [0.1, 0.15) is 37.7 Å². The van der Waals surface area contributed by atoms with Gasteiger partial charge < -0.3 is 29.6 Å². The molecule has 1 amide bonds. The standard InChI is InChI=1S/C30H39N5O10S2/c1-46(38,39)34-29-31-23-12-11-21(16-24(23)32-29)47(40,41)35(45-20-9-5-6-10-20)17-26(36)25(15-19-7-3-2-4-8-19)33-30(37)44-27-18-43-28-22(27)13-14-42-28/h2-4,7-8,11-12,16,20,22,25-28,36H,5-6,9-10,13-15,17-18H2,1H3,(H,33,37)(H2,31,32,34)/t22?,25-,26+,27+,28?/m0/s1. The van der Waals surface area contributed by atoms with Crippen LogP contribution in [0.15, 0.2) is 53.4 Å². The van der Waals surface area contributed by atoms with Gasteiger partial charge in [0.25, 0.3) is 10.0 Å². The monoisotopic (exact) mass is 693 g/mol. The molecule has 0 radical (unpaired) electrons. The number of nitrogens with one attached hydrogen (secondary N) is 3. The van der Waals surface area contributed by atoms with E-state index in [2.05, 4.69) is 20.0 Å². The molecule has 5 atom stereocenters. The molecule has 2 unspecified atom stereocenters. The van der Waals surface area contributed by atoms with Gasteiger partial charge in [0.05, 0.1) is 66.1 Å². The highest BCUT2D eigenvalue weighted by molar-refractivity contribution is 7.92. The molecule has 256 valence electrons. The lowest BCUT2D eigenvalue weighted by molar-refractivity contribution is -0.145. The van der Waals surface area contributed by atoms with E-state index in [4.69, 9.17) is 19.0 Å². The molecule has 2 aromatic carbocycles. The van der Waals surface area contributed by atoms with Crippen molar-refractivity contribution < 1.29 is 45.8 Å². The van der Waals surface area contributed by atoms with E-state index in [1.165, 1.54) is 18.2 Å². The second kappa shape index (κ2) is 14.0. The number of ether oxygens (including phenoxy) is 3. The van der Waals surface area contributed by atoms with E-state index in [9.17, 15) is 26.7 Å². The number of carbonyl (C=O) groups excluding carboxylic acids is 1. The number of anilines is 1. The Kier molecular flexibility index (Phi) is 10.0. The van der Waals surface area contributed by atoms with Crippen molar-refractivity contribution in [1.82, 2.24) is 19.8 Å². The Balaban J connectivity index is 1.23. The number of carbonyl (C=O) groups is 1. The van der Waals surface area contributed by atoms with Gasteiger partial charge in [0, 0.05) is 0 Å². The molecule has 3 aromatic rings. The third kappa shape index (κ3) is 8.22. The number of aromatic nitrogens is 2. The maximum absolute atomic E-state index is 14.1. The molecule has 4 N–H and O–H groups in total. The number of aliphatic hydroxyl groups is 1. The molecule has 0 bridgehead atoms. The van der Waals surface area contributed by atoms with Gasteiger partial charge in [0.2, 0.25) is 16.0 Å². The number of H-pyrrole nitrogens is 1.